The standard InChI is InChI=1S/C9H18N6S/c1-15(2)4-6-16-5-3-7-12-8(10)14-9(11)13-7/h3-6H2,1-2H3,(H4,10,11,12,13,14). The summed E-state index contributed by atoms with van der Waals surface area (Å²) in [6, 6.07) is 0. The average Bonchev–Trinajstić information content (AvgIpc) is 2.15. The second kappa shape index (κ2) is 6.49. The zero-order valence-corrected chi connectivity index (χ0v) is 10.5. The smallest absolute Gasteiger partial charge is 0.225 e. The van der Waals surface area contributed by atoms with Crippen LogP contribution < -0.4 is 11.5 Å². The average molecular weight is 242 g/mol. The molecule has 4 N–H and O–H groups in total. The van der Waals surface area contributed by atoms with E-state index in [2.05, 4.69) is 33.9 Å². The number of aromatic nitrogens is 3. The fourth-order valence-electron chi connectivity index (χ4n) is 1.08. The number of hydrogen-bond acceptors (Lipinski definition) is 7. The molecule has 0 saturated carbocycles. The van der Waals surface area contributed by atoms with Crippen LogP contribution in [-0.4, -0.2) is 52.0 Å². The molecule has 1 aromatic heterocycles. The second-order valence-corrected chi connectivity index (χ2v) is 4.86. The third-order valence-electron chi connectivity index (χ3n) is 1.87. The summed E-state index contributed by atoms with van der Waals surface area (Å²) >= 11 is 1.86. The number of thioether (sulfide) groups is 1. The molecule has 0 radical (unpaired) electrons. The molecule has 16 heavy (non-hydrogen) atoms. The number of hydrogen-bond donors (Lipinski definition) is 2. The highest BCUT2D eigenvalue weighted by Crippen LogP contribution is 2.05. The van der Waals surface area contributed by atoms with E-state index < -0.39 is 0 Å². The summed E-state index contributed by atoms with van der Waals surface area (Å²) in [6.45, 7) is 1.08. The maximum atomic E-state index is 5.47. The fraction of sp³-hybridized carbons (Fsp3) is 0.667. The van der Waals surface area contributed by atoms with E-state index in [-0.39, 0.29) is 11.9 Å². The van der Waals surface area contributed by atoms with E-state index in [1.165, 1.54) is 0 Å². The van der Waals surface area contributed by atoms with Crippen LogP contribution in [0.5, 0.6) is 0 Å². The molecule has 7 heteroatoms. The number of nitrogen functional groups attached to an aromatic ring is 2. The molecule has 0 aromatic carbocycles. The summed E-state index contributed by atoms with van der Waals surface area (Å²) < 4.78 is 0. The van der Waals surface area contributed by atoms with Crippen molar-refractivity contribution in [3.8, 4) is 0 Å². The lowest BCUT2D eigenvalue weighted by molar-refractivity contribution is 0.437. The Morgan fingerprint density at radius 1 is 1.06 bits per heavy atom. The van der Waals surface area contributed by atoms with Gasteiger partial charge in [0.05, 0.1) is 0 Å². The first kappa shape index (κ1) is 13.0. The van der Waals surface area contributed by atoms with Gasteiger partial charge in [-0.25, -0.2) is 0 Å². The van der Waals surface area contributed by atoms with E-state index in [0.717, 1.165) is 24.5 Å². The number of nitrogens with zero attached hydrogens (tertiary/aromatic N) is 4. The van der Waals surface area contributed by atoms with E-state index in [4.69, 9.17) is 11.5 Å². The van der Waals surface area contributed by atoms with Crippen molar-refractivity contribution in [2.24, 2.45) is 0 Å². The first-order chi connectivity index (χ1) is 7.58. The van der Waals surface area contributed by atoms with Crippen molar-refractivity contribution < 1.29 is 0 Å². The molecule has 90 valence electrons. The predicted molar refractivity (Wildman–Crippen MR) is 68.2 cm³/mol. The van der Waals surface area contributed by atoms with E-state index in [0.29, 0.717) is 5.82 Å². The van der Waals surface area contributed by atoms with Crippen LogP contribution in [-0.2, 0) is 6.42 Å². The summed E-state index contributed by atoms with van der Waals surface area (Å²) in [6.07, 6.45) is 0.773. The molecule has 0 aliphatic carbocycles. The zero-order valence-electron chi connectivity index (χ0n) is 9.68. The fourth-order valence-corrected chi connectivity index (χ4v) is 2.11. The first-order valence-corrected chi connectivity index (χ1v) is 6.22. The van der Waals surface area contributed by atoms with Gasteiger partial charge in [0.25, 0.3) is 0 Å². The molecule has 6 nitrogen and oxygen atoms in total. The van der Waals surface area contributed by atoms with Gasteiger partial charge < -0.3 is 16.4 Å². The minimum atomic E-state index is 0.195. The van der Waals surface area contributed by atoms with Gasteiger partial charge in [-0.3, -0.25) is 0 Å². The summed E-state index contributed by atoms with van der Waals surface area (Å²) in [5.74, 6) is 3.13. The Labute approximate surface area is 99.8 Å². The monoisotopic (exact) mass is 242 g/mol. The minimum Gasteiger partial charge on any atom is -0.368 e. The van der Waals surface area contributed by atoms with Crippen molar-refractivity contribution in [3.63, 3.8) is 0 Å². The Bertz CT molecular complexity index is 310. The SMILES string of the molecule is CN(C)CCSCCc1nc(N)nc(N)n1. The van der Waals surface area contributed by atoms with E-state index in [1.54, 1.807) is 0 Å². The molecule has 0 amide bonds. The molecule has 0 unspecified atom stereocenters. The van der Waals surface area contributed by atoms with Gasteiger partial charge in [-0.2, -0.15) is 26.7 Å². The number of rotatable bonds is 6. The van der Waals surface area contributed by atoms with Gasteiger partial charge in [-0.15, -0.1) is 0 Å². The molecular formula is C9H18N6S. The summed E-state index contributed by atoms with van der Waals surface area (Å²) in [7, 11) is 4.13. The van der Waals surface area contributed by atoms with E-state index in [9.17, 15) is 0 Å². The summed E-state index contributed by atoms with van der Waals surface area (Å²) in [5.41, 5.74) is 10.9. The van der Waals surface area contributed by atoms with Crippen molar-refractivity contribution in [1.82, 2.24) is 19.9 Å². The van der Waals surface area contributed by atoms with Gasteiger partial charge in [0.1, 0.15) is 5.82 Å². The first-order valence-electron chi connectivity index (χ1n) is 5.06. The molecule has 0 spiro atoms. The largest absolute Gasteiger partial charge is 0.368 e. The van der Waals surface area contributed by atoms with Gasteiger partial charge in [0, 0.05) is 24.5 Å². The van der Waals surface area contributed by atoms with Crippen LogP contribution in [0, 0.1) is 0 Å². The predicted octanol–water partition coefficient (Wildman–Crippen LogP) is -0.127. The highest BCUT2D eigenvalue weighted by Gasteiger charge is 2.01. The Hall–Kier alpha value is -1.08. The normalized spacial score (nSPS) is 10.9. The number of anilines is 2. The summed E-state index contributed by atoms with van der Waals surface area (Å²) in [5, 5.41) is 0. The molecule has 1 rings (SSSR count). The number of aryl methyl sites for hydroxylation is 1. The van der Waals surface area contributed by atoms with Crippen LogP contribution in [0.1, 0.15) is 5.82 Å². The van der Waals surface area contributed by atoms with Crippen molar-refractivity contribution >= 4 is 23.7 Å². The molecule has 1 aromatic rings. The van der Waals surface area contributed by atoms with Gasteiger partial charge in [0.2, 0.25) is 11.9 Å². The molecule has 0 atom stereocenters. The van der Waals surface area contributed by atoms with Crippen LogP contribution >= 0.6 is 11.8 Å². The molecule has 1 heterocycles. The highest BCUT2D eigenvalue weighted by atomic mass is 32.2. The lowest BCUT2D eigenvalue weighted by Gasteiger charge is -2.08. The quantitative estimate of drug-likeness (QED) is 0.671. The topological polar surface area (TPSA) is 94.0 Å². The molecule has 0 aliphatic heterocycles. The van der Waals surface area contributed by atoms with Crippen molar-refractivity contribution in [2.45, 2.75) is 6.42 Å². The summed E-state index contributed by atoms with van der Waals surface area (Å²) in [4.78, 5) is 13.9. The van der Waals surface area contributed by atoms with Crippen molar-refractivity contribution in [3.05, 3.63) is 5.82 Å². The van der Waals surface area contributed by atoms with Gasteiger partial charge >= 0.3 is 0 Å². The molecule has 0 fully saturated rings. The molecule has 0 saturated heterocycles. The maximum Gasteiger partial charge on any atom is 0.225 e. The number of nitrogens with two attached hydrogens (primary N) is 2. The molecular weight excluding hydrogens is 224 g/mol. The van der Waals surface area contributed by atoms with Gasteiger partial charge in [0.15, 0.2) is 0 Å². The Morgan fingerprint density at radius 3 is 2.25 bits per heavy atom. The van der Waals surface area contributed by atoms with Crippen molar-refractivity contribution in [2.75, 3.05) is 43.6 Å². The van der Waals surface area contributed by atoms with Crippen LogP contribution in [0.4, 0.5) is 11.9 Å². The third kappa shape index (κ3) is 5.13. The molecule has 0 bridgehead atoms. The lowest BCUT2D eigenvalue weighted by Crippen LogP contribution is -2.15. The lowest BCUT2D eigenvalue weighted by atomic mass is 10.4. The van der Waals surface area contributed by atoms with E-state index in [1.807, 2.05) is 11.8 Å². The zero-order chi connectivity index (χ0) is 12.0. The van der Waals surface area contributed by atoms with Crippen LogP contribution in [0.15, 0.2) is 0 Å². The van der Waals surface area contributed by atoms with Crippen LogP contribution in [0.3, 0.4) is 0 Å². The van der Waals surface area contributed by atoms with Crippen LogP contribution in [0.2, 0.25) is 0 Å². The Balaban J connectivity index is 2.26. The van der Waals surface area contributed by atoms with Crippen LogP contribution in [0.25, 0.3) is 0 Å². The van der Waals surface area contributed by atoms with E-state index >= 15 is 0 Å². The Morgan fingerprint density at radius 2 is 1.69 bits per heavy atom. The second-order valence-electron chi connectivity index (χ2n) is 3.63. The van der Waals surface area contributed by atoms with Crippen molar-refractivity contribution in [1.29, 1.82) is 0 Å². The Kier molecular flexibility index (Phi) is 5.27. The molecule has 0 aliphatic rings. The minimum absolute atomic E-state index is 0.195. The van der Waals surface area contributed by atoms with Gasteiger partial charge in [-0.1, -0.05) is 0 Å². The maximum absolute atomic E-state index is 5.47. The highest BCUT2D eigenvalue weighted by molar-refractivity contribution is 7.99. The van der Waals surface area contributed by atoms with Gasteiger partial charge in [-0.05, 0) is 14.1 Å². The third-order valence-corrected chi connectivity index (χ3v) is 2.83.